The molecular formula is C10H14ClNO2S. The van der Waals surface area contributed by atoms with Gasteiger partial charge in [-0.15, -0.1) is 11.3 Å². The van der Waals surface area contributed by atoms with Crippen LogP contribution in [0.5, 0.6) is 0 Å². The summed E-state index contributed by atoms with van der Waals surface area (Å²) in [6.45, 7) is 3.00. The average Bonchev–Trinajstić information content (AvgIpc) is 2.50. The maximum atomic E-state index is 10.6. The molecule has 1 N–H and O–H groups in total. The number of carboxylic acids is 1. The molecule has 15 heavy (non-hydrogen) atoms. The molecule has 0 aliphatic carbocycles. The van der Waals surface area contributed by atoms with E-state index in [1.165, 1.54) is 11.3 Å². The first-order valence-electron chi connectivity index (χ1n) is 4.64. The summed E-state index contributed by atoms with van der Waals surface area (Å²) in [5.74, 6) is -1.10. The van der Waals surface area contributed by atoms with Crippen molar-refractivity contribution in [2.45, 2.75) is 13.5 Å². The molecule has 5 heteroatoms. The summed E-state index contributed by atoms with van der Waals surface area (Å²) in [5.41, 5.74) is 0. The van der Waals surface area contributed by atoms with Crippen LogP contribution in [0.2, 0.25) is 4.34 Å². The molecule has 0 bridgehead atoms. The van der Waals surface area contributed by atoms with E-state index >= 15 is 0 Å². The van der Waals surface area contributed by atoms with Gasteiger partial charge in [-0.2, -0.15) is 0 Å². The number of carbonyl (C=O) groups is 1. The predicted molar refractivity (Wildman–Crippen MR) is 62.5 cm³/mol. The summed E-state index contributed by atoms with van der Waals surface area (Å²) in [4.78, 5) is 13.8. The van der Waals surface area contributed by atoms with Gasteiger partial charge in [0.05, 0.1) is 10.3 Å². The Labute approximate surface area is 98.3 Å². The molecule has 0 aromatic carbocycles. The average molecular weight is 248 g/mol. The number of halogens is 1. The Balaban J connectivity index is 2.42. The molecule has 0 saturated carbocycles. The van der Waals surface area contributed by atoms with Crippen LogP contribution in [0.15, 0.2) is 12.1 Å². The lowest BCUT2D eigenvalue weighted by Crippen LogP contribution is -2.27. The molecule has 1 aromatic rings. The molecule has 0 aliphatic rings. The molecular weight excluding hydrogens is 234 g/mol. The number of thiophene rings is 1. The molecule has 1 heterocycles. The highest BCUT2D eigenvalue weighted by atomic mass is 35.5. The third-order valence-corrected chi connectivity index (χ3v) is 3.28. The van der Waals surface area contributed by atoms with E-state index < -0.39 is 5.97 Å². The second-order valence-electron chi connectivity index (χ2n) is 3.64. The van der Waals surface area contributed by atoms with Crippen molar-refractivity contribution in [2.24, 2.45) is 5.92 Å². The van der Waals surface area contributed by atoms with Gasteiger partial charge < -0.3 is 10.0 Å². The van der Waals surface area contributed by atoms with E-state index in [-0.39, 0.29) is 5.92 Å². The SMILES string of the molecule is CC(CN(C)Cc1ccc(Cl)s1)C(=O)O. The molecule has 0 saturated heterocycles. The van der Waals surface area contributed by atoms with E-state index in [0.717, 1.165) is 15.8 Å². The lowest BCUT2D eigenvalue weighted by molar-refractivity contribution is -0.141. The van der Waals surface area contributed by atoms with Crippen LogP contribution >= 0.6 is 22.9 Å². The van der Waals surface area contributed by atoms with Crippen molar-refractivity contribution < 1.29 is 9.90 Å². The Hall–Kier alpha value is -0.580. The smallest absolute Gasteiger partial charge is 0.307 e. The van der Waals surface area contributed by atoms with Crippen molar-refractivity contribution >= 4 is 28.9 Å². The second-order valence-corrected chi connectivity index (χ2v) is 5.44. The topological polar surface area (TPSA) is 40.5 Å². The van der Waals surface area contributed by atoms with Gasteiger partial charge >= 0.3 is 5.97 Å². The summed E-state index contributed by atoms with van der Waals surface area (Å²) >= 11 is 7.33. The van der Waals surface area contributed by atoms with Crippen molar-refractivity contribution in [1.29, 1.82) is 0 Å². The normalized spacial score (nSPS) is 13.1. The van der Waals surface area contributed by atoms with Crippen LogP contribution in [-0.2, 0) is 11.3 Å². The van der Waals surface area contributed by atoms with E-state index in [9.17, 15) is 4.79 Å². The first-order valence-corrected chi connectivity index (χ1v) is 5.84. The minimum absolute atomic E-state index is 0.342. The Bertz CT molecular complexity index is 340. The third-order valence-electron chi connectivity index (χ3n) is 2.06. The van der Waals surface area contributed by atoms with Crippen molar-refractivity contribution in [3.63, 3.8) is 0 Å². The minimum atomic E-state index is -0.758. The fourth-order valence-electron chi connectivity index (χ4n) is 1.31. The summed E-state index contributed by atoms with van der Waals surface area (Å²) in [6.07, 6.45) is 0. The maximum Gasteiger partial charge on any atom is 0.307 e. The van der Waals surface area contributed by atoms with Crippen molar-refractivity contribution in [3.05, 3.63) is 21.3 Å². The van der Waals surface area contributed by atoms with E-state index in [2.05, 4.69) is 0 Å². The number of aliphatic carboxylic acids is 1. The van der Waals surface area contributed by atoms with Gasteiger partial charge in [0, 0.05) is 18.0 Å². The zero-order valence-corrected chi connectivity index (χ0v) is 10.3. The van der Waals surface area contributed by atoms with Crippen molar-refractivity contribution in [2.75, 3.05) is 13.6 Å². The first-order chi connectivity index (χ1) is 6.99. The minimum Gasteiger partial charge on any atom is -0.481 e. The van der Waals surface area contributed by atoms with Gasteiger partial charge in [-0.1, -0.05) is 18.5 Å². The predicted octanol–water partition coefficient (Wildman–Crippen LogP) is 2.55. The molecule has 0 radical (unpaired) electrons. The standard InChI is InChI=1S/C10H14ClNO2S/c1-7(10(13)14)5-12(2)6-8-3-4-9(11)15-8/h3-4,7H,5-6H2,1-2H3,(H,13,14). The number of nitrogens with zero attached hydrogens (tertiary/aromatic N) is 1. The van der Waals surface area contributed by atoms with E-state index in [1.807, 2.05) is 24.1 Å². The second kappa shape index (κ2) is 5.49. The van der Waals surface area contributed by atoms with Crippen LogP contribution in [0.4, 0.5) is 0 Å². The van der Waals surface area contributed by atoms with Gasteiger partial charge in [-0.25, -0.2) is 0 Å². The first kappa shape index (κ1) is 12.5. The van der Waals surface area contributed by atoms with Crippen LogP contribution in [0.25, 0.3) is 0 Å². The van der Waals surface area contributed by atoms with Crippen LogP contribution in [0.3, 0.4) is 0 Å². The quantitative estimate of drug-likeness (QED) is 0.870. The number of carboxylic acid groups (broad SMARTS) is 1. The molecule has 0 fully saturated rings. The molecule has 0 aliphatic heterocycles. The van der Waals surface area contributed by atoms with Gasteiger partial charge in [0.2, 0.25) is 0 Å². The largest absolute Gasteiger partial charge is 0.481 e. The maximum absolute atomic E-state index is 10.6. The van der Waals surface area contributed by atoms with Gasteiger partial charge in [-0.3, -0.25) is 4.79 Å². The molecule has 1 rings (SSSR count). The monoisotopic (exact) mass is 247 g/mol. The van der Waals surface area contributed by atoms with Gasteiger partial charge in [0.15, 0.2) is 0 Å². The van der Waals surface area contributed by atoms with Crippen LogP contribution in [-0.4, -0.2) is 29.6 Å². The van der Waals surface area contributed by atoms with Crippen LogP contribution in [0.1, 0.15) is 11.8 Å². The van der Waals surface area contributed by atoms with Crippen LogP contribution in [0, 0.1) is 5.92 Å². The molecule has 1 atom stereocenters. The summed E-state index contributed by atoms with van der Waals surface area (Å²) in [5, 5.41) is 8.76. The Morgan fingerprint density at radius 2 is 2.33 bits per heavy atom. The molecule has 1 unspecified atom stereocenters. The van der Waals surface area contributed by atoms with E-state index in [1.54, 1.807) is 6.92 Å². The fraction of sp³-hybridized carbons (Fsp3) is 0.500. The zero-order valence-electron chi connectivity index (χ0n) is 8.74. The van der Waals surface area contributed by atoms with Crippen molar-refractivity contribution in [3.8, 4) is 0 Å². The van der Waals surface area contributed by atoms with Gasteiger partial charge in [0.1, 0.15) is 0 Å². The zero-order chi connectivity index (χ0) is 11.4. The van der Waals surface area contributed by atoms with Crippen LogP contribution < -0.4 is 0 Å². The summed E-state index contributed by atoms with van der Waals surface area (Å²) in [7, 11) is 1.91. The van der Waals surface area contributed by atoms with Crippen molar-refractivity contribution in [1.82, 2.24) is 4.90 Å². The van der Waals surface area contributed by atoms with E-state index in [0.29, 0.717) is 6.54 Å². The fourth-order valence-corrected chi connectivity index (χ4v) is 2.48. The van der Waals surface area contributed by atoms with E-state index in [4.69, 9.17) is 16.7 Å². The highest BCUT2D eigenvalue weighted by Gasteiger charge is 2.13. The Morgan fingerprint density at radius 1 is 1.67 bits per heavy atom. The highest BCUT2D eigenvalue weighted by Crippen LogP contribution is 2.22. The molecule has 1 aromatic heterocycles. The van der Waals surface area contributed by atoms with Gasteiger partial charge in [0.25, 0.3) is 0 Å². The summed E-state index contributed by atoms with van der Waals surface area (Å²) < 4.78 is 0.768. The lowest BCUT2D eigenvalue weighted by atomic mass is 10.2. The number of hydrogen-bond donors (Lipinski definition) is 1. The lowest BCUT2D eigenvalue weighted by Gasteiger charge is -2.17. The molecule has 0 amide bonds. The molecule has 0 spiro atoms. The highest BCUT2D eigenvalue weighted by molar-refractivity contribution is 7.16. The number of rotatable bonds is 5. The third kappa shape index (κ3) is 4.20. The van der Waals surface area contributed by atoms with Gasteiger partial charge in [-0.05, 0) is 19.2 Å². The Morgan fingerprint density at radius 3 is 2.80 bits per heavy atom. The Kier molecular flexibility index (Phi) is 4.57. The molecule has 84 valence electrons. The molecule has 3 nitrogen and oxygen atoms in total. The summed E-state index contributed by atoms with van der Waals surface area (Å²) in [6, 6.07) is 3.82. The number of hydrogen-bond acceptors (Lipinski definition) is 3.